The zero-order valence-electron chi connectivity index (χ0n) is 17.4. The van der Waals surface area contributed by atoms with Gasteiger partial charge in [0.2, 0.25) is 5.95 Å². The number of hydrogen-bond acceptors (Lipinski definition) is 9. The van der Waals surface area contributed by atoms with Crippen molar-refractivity contribution in [1.29, 1.82) is 0 Å². The van der Waals surface area contributed by atoms with E-state index in [0.29, 0.717) is 36.1 Å². The lowest BCUT2D eigenvalue weighted by Crippen LogP contribution is -2.48. The Balaban J connectivity index is 1.55. The van der Waals surface area contributed by atoms with Crippen LogP contribution in [0, 0.1) is 18.8 Å². The van der Waals surface area contributed by atoms with Gasteiger partial charge < -0.3 is 26.0 Å². The molecule has 164 valence electrons. The number of para-hydroxylation sites is 1. The Bertz CT molecular complexity index is 1070. The highest BCUT2D eigenvalue weighted by Gasteiger charge is 2.47. The monoisotopic (exact) mass is 441 g/mol. The van der Waals surface area contributed by atoms with Crippen LogP contribution >= 0.6 is 11.3 Å². The first-order chi connectivity index (χ1) is 15.0. The summed E-state index contributed by atoms with van der Waals surface area (Å²) in [7, 11) is 0. The molecule has 2 aliphatic rings. The third-order valence-electron chi connectivity index (χ3n) is 6.24. The number of aryl methyl sites for hydroxylation is 1. The van der Waals surface area contributed by atoms with Gasteiger partial charge in [-0.3, -0.25) is 0 Å². The molecular weight excluding hydrogens is 414 g/mol. The molecule has 0 aliphatic heterocycles. The van der Waals surface area contributed by atoms with Gasteiger partial charge in [0, 0.05) is 19.1 Å². The third-order valence-corrected chi connectivity index (χ3v) is 7.30. The molecule has 8 nitrogen and oxygen atoms in total. The molecule has 1 aromatic carbocycles. The van der Waals surface area contributed by atoms with E-state index in [1.54, 1.807) is 0 Å². The Morgan fingerprint density at radius 3 is 2.68 bits per heavy atom. The number of anilines is 2. The summed E-state index contributed by atoms with van der Waals surface area (Å²) in [5.74, 6) is 1.21. The van der Waals surface area contributed by atoms with Crippen LogP contribution in [0.1, 0.15) is 31.4 Å². The first-order valence-corrected chi connectivity index (χ1v) is 11.6. The quantitative estimate of drug-likeness (QED) is 0.355. The fourth-order valence-electron chi connectivity index (χ4n) is 4.17. The van der Waals surface area contributed by atoms with Gasteiger partial charge in [-0.2, -0.15) is 4.98 Å². The van der Waals surface area contributed by atoms with Crippen molar-refractivity contribution in [2.45, 2.75) is 44.4 Å². The minimum atomic E-state index is -1.58. The standard InChI is InChI=1S/C22H27N5O3S/c1-12-17(20-25-15-4-2-3-5-16(15)31-20)19(26-21(24-12)23-10-13-6-7-13)27-22(30)9-8-14(11-28)18(22)29/h2-5,13-14,18,28-30H,6-11H2,1H3,(H2,23,24,26,27). The van der Waals surface area contributed by atoms with E-state index in [4.69, 9.17) is 4.98 Å². The summed E-state index contributed by atoms with van der Waals surface area (Å²) in [6.45, 7) is 2.55. The van der Waals surface area contributed by atoms with Crippen LogP contribution in [0.15, 0.2) is 24.3 Å². The van der Waals surface area contributed by atoms with Crippen molar-refractivity contribution in [2.75, 3.05) is 23.8 Å². The lowest BCUT2D eigenvalue weighted by atomic mass is 10.0. The number of nitrogens with one attached hydrogen (secondary N) is 2. The molecular formula is C22H27N5O3S. The molecule has 0 amide bonds. The number of nitrogens with zero attached hydrogens (tertiary/aromatic N) is 3. The van der Waals surface area contributed by atoms with Gasteiger partial charge in [-0.15, -0.1) is 11.3 Å². The Hall–Kier alpha value is -2.33. The van der Waals surface area contributed by atoms with E-state index in [2.05, 4.69) is 20.6 Å². The number of thiazole rings is 1. The zero-order chi connectivity index (χ0) is 21.6. The van der Waals surface area contributed by atoms with Crippen molar-refractivity contribution in [3.05, 3.63) is 30.0 Å². The van der Waals surface area contributed by atoms with Crippen LogP contribution in [0.3, 0.4) is 0 Å². The highest BCUT2D eigenvalue weighted by molar-refractivity contribution is 7.21. The normalized spacial score (nSPS) is 25.8. The number of hydrogen-bond donors (Lipinski definition) is 5. The first-order valence-electron chi connectivity index (χ1n) is 10.7. The van der Waals surface area contributed by atoms with Crippen LogP contribution in [0.2, 0.25) is 0 Å². The molecule has 2 heterocycles. The molecule has 0 bridgehead atoms. The molecule has 2 saturated carbocycles. The molecule has 9 heteroatoms. The van der Waals surface area contributed by atoms with Gasteiger partial charge in [0.05, 0.1) is 21.5 Å². The summed E-state index contributed by atoms with van der Waals surface area (Å²) in [5, 5.41) is 38.5. The molecule has 2 fully saturated rings. The van der Waals surface area contributed by atoms with E-state index in [1.807, 2.05) is 31.2 Å². The molecule has 0 spiro atoms. The van der Waals surface area contributed by atoms with E-state index in [9.17, 15) is 15.3 Å². The van der Waals surface area contributed by atoms with E-state index in [1.165, 1.54) is 24.2 Å². The molecule has 2 aliphatic carbocycles. The number of rotatable bonds is 7. The predicted molar refractivity (Wildman–Crippen MR) is 121 cm³/mol. The van der Waals surface area contributed by atoms with Gasteiger partial charge in [0.15, 0.2) is 5.72 Å². The maximum absolute atomic E-state index is 11.2. The Morgan fingerprint density at radius 1 is 1.16 bits per heavy atom. The summed E-state index contributed by atoms with van der Waals surface area (Å²) in [6, 6.07) is 7.91. The van der Waals surface area contributed by atoms with Gasteiger partial charge in [0.25, 0.3) is 0 Å². The van der Waals surface area contributed by atoms with E-state index in [0.717, 1.165) is 27.5 Å². The number of benzene rings is 1. The summed E-state index contributed by atoms with van der Waals surface area (Å²) in [6.07, 6.45) is 2.17. The smallest absolute Gasteiger partial charge is 0.224 e. The minimum absolute atomic E-state index is 0.174. The van der Waals surface area contributed by atoms with Crippen LogP contribution in [0.4, 0.5) is 11.8 Å². The SMILES string of the molecule is Cc1nc(NCC2CC2)nc(NC2(O)CCC(CO)C2O)c1-c1nc2ccccc2s1. The summed E-state index contributed by atoms with van der Waals surface area (Å²) < 4.78 is 1.05. The Morgan fingerprint density at radius 2 is 1.97 bits per heavy atom. The van der Waals surface area contributed by atoms with Gasteiger partial charge in [-0.05, 0) is 50.7 Å². The van der Waals surface area contributed by atoms with Crippen LogP contribution in [0.25, 0.3) is 20.8 Å². The zero-order valence-corrected chi connectivity index (χ0v) is 18.2. The van der Waals surface area contributed by atoms with Gasteiger partial charge in [0.1, 0.15) is 16.9 Å². The van der Waals surface area contributed by atoms with Crippen molar-refractivity contribution < 1.29 is 15.3 Å². The lowest BCUT2D eigenvalue weighted by Gasteiger charge is -2.31. The predicted octanol–water partition coefficient (Wildman–Crippen LogP) is 2.75. The van der Waals surface area contributed by atoms with E-state index in [-0.39, 0.29) is 12.5 Å². The summed E-state index contributed by atoms with van der Waals surface area (Å²) >= 11 is 1.54. The second-order valence-electron chi connectivity index (χ2n) is 8.64. The van der Waals surface area contributed by atoms with E-state index < -0.39 is 11.8 Å². The molecule has 5 rings (SSSR count). The molecule has 3 aromatic rings. The molecule has 0 saturated heterocycles. The van der Waals surface area contributed by atoms with Crippen molar-refractivity contribution in [3.8, 4) is 10.6 Å². The third kappa shape index (κ3) is 3.98. The molecule has 2 aromatic heterocycles. The van der Waals surface area contributed by atoms with Crippen molar-refractivity contribution >= 4 is 33.3 Å². The van der Waals surface area contributed by atoms with Gasteiger partial charge in [-0.1, -0.05) is 12.1 Å². The minimum Gasteiger partial charge on any atom is -0.396 e. The second kappa shape index (κ2) is 7.98. The van der Waals surface area contributed by atoms with Crippen molar-refractivity contribution in [3.63, 3.8) is 0 Å². The van der Waals surface area contributed by atoms with Gasteiger partial charge >= 0.3 is 0 Å². The fourth-order valence-corrected chi connectivity index (χ4v) is 5.23. The van der Waals surface area contributed by atoms with Crippen molar-refractivity contribution in [1.82, 2.24) is 15.0 Å². The highest BCUT2D eigenvalue weighted by Crippen LogP contribution is 2.40. The van der Waals surface area contributed by atoms with Crippen molar-refractivity contribution in [2.24, 2.45) is 11.8 Å². The van der Waals surface area contributed by atoms with E-state index >= 15 is 0 Å². The number of fused-ring (bicyclic) bond motifs is 1. The van der Waals surface area contributed by atoms with Crippen LogP contribution in [-0.2, 0) is 0 Å². The highest BCUT2D eigenvalue weighted by atomic mass is 32.1. The second-order valence-corrected chi connectivity index (χ2v) is 9.67. The maximum atomic E-state index is 11.2. The average Bonchev–Trinajstić information content (AvgIpc) is 3.42. The van der Waals surface area contributed by atoms with Crippen LogP contribution < -0.4 is 10.6 Å². The van der Waals surface area contributed by atoms with Crippen LogP contribution in [0.5, 0.6) is 0 Å². The largest absolute Gasteiger partial charge is 0.396 e. The fraction of sp³-hybridized carbons (Fsp3) is 0.500. The topological polar surface area (TPSA) is 123 Å². The average molecular weight is 442 g/mol. The lowest BCUT2D eigenvalue weighted by molar-refractivity contribution is -0.0545. The number of aliphatic hydroxyl groups excluding tert-OH is 2. The number of aromatic nitrogens is 3. The Labute approximate surface area is 184 Å². The first kappa shape index (κ1) is 20.6. The summed E-state index contributed by atoms with van der Waals surface area (Å²) in [4.78, 5) is 14.1. The molecule has 3 unspecified atom stereocenters. The Kier molecular flexibility index (Phi) is 5.29. The van der Waals surface area contributed by atoms with Gasteiger partial charge in [-0.25, -0.2) is 9.97 Å². The molecule has 0 radical (unpaired) electrons. The molecule has 3 atom stereocenters. The number of aliphatic hydroxyl groups is 3. The molecule has 31 heavy (non-hydrogen) atoms. The summed E-state index contributed by atoms with van der Waals surface area (Å²) in [5.41, 5.74) is 0.771. The maximum Gasteiger partial charge on any atom is 0.224 e. The molecule has 5 N–H and O–H groups in total. The van der Waals surface area contributed by atoms with Crippen LogP contribution in [-0.4, -0.2) is 55.3 Å².